The largest absolute Gasteiger partial charge is 0.451 e. The van der Waals surface area contributed by atoms with Gasteiger partial charge in [0.1, 0.15) is 11.8 Å². The Kier molecular flexibility index (Phi) is 6.12. The van der Waals surface area contributed by atoms with Gasteiger partial charge in [0.15, 0.2) is 5.76 Å². The molecule has 1 saturated carbocycles. The molecule has 2 amide bonds. The van der Waals surface area contributed by atoms with E-state index in [1.807, 2.05) is 36.6 Å². The lowest BCUT2D eigenvalue weighted by atomic mass is 9.83. The maximum atomic E-state index is 12.8. The van der Waals surface area contributed by atoms with Crippen LogP contribution in [0.5, 0.6) is 0 Å². The summed E-state index contributed by atoms with van der Waals surface area (Å²) in [5.41, 5.74) is 3.21. The van der Waals surface area contributed by atoms with Crippen molar-refractivity contribution in [2.45, 2.75) is 38.1 Å². The van der Waals surface area contributed by atoms with E-state index in [-0.39, 0.29) is 23.5 Å². The lowest BCUT2D eigenvalue weighted by molar-refractivity contribution is -0.124. The van der Waals surface area contributed by atoms with Gasteiger partial charge in [0.2, 0.25) is 5.91 Å². The number of likely N-dealkylation sites (N-methyl/N-ethyl adjacent to an activating group) is 1. The third-order valence-electron chi connectivity index (χ3n) is 5.95. The number of hydrogen-bond acceptors (Lipinski definition) is 4. The smallest absolute Gasteiger partial charge is 0.287 e. The summed E-state index contributed by atoms with van der Waals surface area (Å²) >= 11 is 0. The van der Waals surface area contributed by atoms with E-state index < -0.39 is 6.04 Å². The van der Waals surface area contributed by atoms with Crippen LogP contribution in [0.15, 0.2) is 51.9 Å². The summed E-state index contributed by atoms with van der Waals surface area (Å²) in [4.78, 5) is 29.4. The van der Waals surface area contributed by atoms with E-state index in [1.54, 1.807) is 19.2 Å². The van der Waals surface area contributed by atoms with Crippen molar-refractivity contribution in [2.24, 2.45) is 10.9 Å². The number of carbonyl (C=O) groups excluding carboxylic acids is 2. The monoisotopic (exact) mass is 405 g/mol. The van der Waals surface area contributed by atoms with Crippen LogP contribution in [0.3, 0.4) is 0 Å². The predicted molar refractivity (Wildman–Crippen MR) is 117 cm³/mol. The molecule has 156 valence electrons. The fourth-order valence-electron chi connectivity index (χ4n) is 4.23. The van der Waals surface area contributed by atoms with Gasteiger partial charge in [-0.05, 0) is 48.1 Å². The molecule has 1 fully saturated rings. The first-order valence-corrected chi connectivity index (χ1v) is 10.6. The standard InChI is InChI=1S/C24H27N3O3/c1-25-24(29)22(18-5-3-2-4-6-18)27-23(28)21-12-11-20(30-21)17-9-7-16(8-10-17)19-13-14-26-15-19/h7-14,18,22H,2-6,15H2,1H3,(H,25,29)(H,27,28)/t22-/m0/s1. The first-order chi connectivity index (χ1) is 14.7. The van der Waals surface area contributed by atoms with Crippen molar-refractivity contribution in [3.63, 3.8) is 0 Å². The Morgan fingerprint density at radius 2 is 1.77 bits per heavy atom. The molecule has 2 heterocycles. The lowest BCUT2D eigenvalue weighted by Gasteiger charge is -2.29. The van der Waals surface area contributed by atoms with Crippen LogP contribution in [-0.2, 0) is 4.79 Å². The average molecular weight is 405 g/mol. The van der Waals surface area contributed by atoms with Gasteiger partial charge in [-0.3, -0.25) is 14.6 Å². The van der Waals surface area contributed by atoms with Crippen LogP contribution >= 0.6 is 0 Å². The third kappa shape index (κ3) is 4.37. The molecule has 1 aliphatic heterocycles. The second kappa shape index (κ2) is 9.11. The Balaban J connectivity index is 1.45. The molecule has 2 aromatic rings. The highest BCUT2D eigenvalue weighted by Crippen LogP contribution is 2.28. The first-order valence-electron chi connectivity index (χ1n) is 10.6. The van der Waals surface area contributed by atoms with E-state index >= 15 is 0 Å². The van der Waals surface area contributed by atoms with Crippen molar-refractivity contribution >= 4 is 23.6 Å². The number of nitrogens with one attached hydrogen (secondary N) is 2. The molecular formula is C24H27N3O3. The van der Waals surface area contributed by atoms with Crippen molar-refractivity contribution in [1.82, 2.24) is 10.6 Å². The summed E-state index contributed by atoms with van der Waals surface area (Å²) in [6.07, 6.45) is 9.12. The second-order valence-corrected chi connectivity index (χ2v) is 7.89. The van der Waals surface area contributed by atoms with Crippen molar-refractivity contribution in [3.8, 4) is 11.3 Å². The van der Waals surface area contributed by atoms with Gasteiger partial charge in [-0.1, -0.05) is 43.5 Å². The summed E-state index contributed by atoms with van der Waals surface area (Å²) in [7, 11) is 1.60. The van der Waals surface area contributed by atoms with Gasteiger partial charge >= 0.3 is 0 Å². The van der Waals surface area contributed by atoms with Gasteiger partial charge < -0.3 is 15.1 Å². The molecule has 0 radical (unpaired) electrons. The maximum Gasteiger partial charge on any atom is 0.287 e. The van der Waals surface area contributed by atoms with Gasteiger partial charge in [-0.2, -0.15) is 0 Å². The van der Waals surface area contributed by atoms with E-state index in [4.69, 9.17) is 4.42 Å². The fourth-order valence-corrected chi connectivity index (χ4v) is 4.23. The van der Waals surface area contributed by atoms with Crippen LogP contribution < -0.4 is 10.6 Å². The van der Waals surface area contributed by atoms with Crippen molar-refractivity contribution in [1.29, 1.82) is 0 Å². The molecule has 0 bridgehead atoms. The SMILES string of the molecule is CNC(=O)[C@@H](NC(=O)c1ccc(-c2ccc(C3=CC=NC3)cc2)o1)C1CCCCC1. The van der Waals surface area contributed by atoms with Crippen LogP contribution in [0.4, 0.5) is 0 Å². The molecule has 0 spiro atoms. The summed E-state index contributed by atoms with van der Waals surface area (Å²) in [6, 6.07) is 10.9. The minimum atomic E-state index is -0.530. The number of rotatable bonds is 6. The van der Waals surface area contributed by atoms with Crippen molar-refractivity contribution < 1.29 is 14.0 Å². The molecule has 0 unspecified atom stereocenters. The zero-order chi connectivity index (χ0) is 20.9. The predicted octanol–water partition coefficient (Wildman–Crippen LogP) is 3.84. The van der Waals surface area contributed by atoms with E-state index in [0.29, 0.717) is 12.3 Å². The number of aliphatic imine (C=N–C) groups is 1. The van der Waals surface area contributed by atoms with Crippen LogP contribution in [0.25, 0.3) is 16.9 Å². The van der Waals surface area contributed by atoms with Crippen molar-refractivity contribution in [2.75, 3.05) is 13.6 Å². The van der Waals surface area contributed by atoms with Gasteiger partial charge in [-0.15, -0.1) is 0 Å². The minimum Gasteiger partial charge on any atom is -0.451 e. The maximum absolute atomic E-state index is 12.8. The molecule has 4 rings (SSSR count). The molecule has 30 heavy (non-hydrogen) atoms. The van der Waals surface area contributed by atoms with E-state index in [0.717, 1.165) is 36.8 Å². The highest BCUT2D eigenvalue weighted by Gasteiger charge is 2.31. The molecule has 1 aliphatic carbocycles. The third-order valence-corrected chi connectivity index (χ3v) is 5.95. The average Bonchev–Trinajstić information content (AvgIpc) is 3.50. The number of furan rings is 1. The normalized spacial score (nSPS) is 17.4. The van der Waals surface area contributed by atoms with Crippen LogP contribution in [0.1, 0.15) is 48.2 Å². The number of allylic oxidation sites excluding steroid dienone is 1. The zero-order valence-electron chi connectivity index (χ0n) is 17.2. The number of carbonyl (C=O) groups is 2. The van der Waals surface area contributed by atoms with Gasteiger partial charge in [0.05, 0.1) is 6.54 Å². The van der Waals surface area contributed by atoms with Crippen LogP contribution in [-0.4, -0.2) is 37.7 Å². The molecular weight excluding hydrogens is 378 g/mol. The van der Waals surface area contributed by atoms with Gasteiger partial charge in [0.25, 0.3) is 5.91 Å². The number of benzene rings is 1. The molecule has 2 N–H and O–H groups in total. The molecule has 1 aromatic heterocycles. The van der Waals surface area contributed by atoms with Gasteiger partial charge in [0, 0.05) is 18.8 Å². The summed E-state index contributed by atoms with van der Waals surface area (Å²) in [5, 5.41) is 5.58. The Morgan fingerprint density at radius 3 is 2.43 bits per heavy atom. The molecule has 6 heteroatoms. The number of hydrogen-bond donors (Lipinski definition) is 2. The molecule has 1 atom stereocenters. The van der Waals surface area contributed by atoms with Crippen LogP contribution in [0, 0.1) is 5.92 Å². The van der Waals surface area contributed by atoms with E-state index in [9.17, 15) is 9.59 Å². The molecule has 2 aliphatic rings. The Hall–Kier alpha value is -3.15. The summed E-state index contributed by atoms with van der Waals surface area (Å²) in [5.74, 6) is 0.495. The molecule has 1 aromatic carbocycles. The minimum absolute atomic E-state index is 0.150. The van der Waals surface area contributed by atoms with Gasteiger partial charge in [-0.25, -0.2) is 0 Å². The van der Waals surface area contributed by atoms with Crippen molar-refractivity contribution in [3.05, 3.63) is 53.8 Å². The van der Waals surface area contributed by atoms with Crippen LogP contribution in [0.2, 0.25) is 0 Å². The Bertz CT molecular complexity index is 966. The first kappa shape index (κ1) is 20.1. The topological polar surface area (TPSA) is 83.7 Å². The fraction of sp³-hybridized carbons (Fsp3) is 0.375. The van der Waals surface area contributed by atoms with E-state index in [1.165, 1.54) is 12.0 Å². The van der Waals surface area contributed by atoms with E-state index in [2.05, 4.69) is 15.6 Å². The second-order valence-electron chi connectivity index (χ2n) is 7.89. The highest BCUT2D eigenvalue weighted by atomic mass is 16.3. The Labute approximate surface area is 176 Å². The quantitative estimate of drug-likeness (QED) is 0.766. The summed E-state index contributed by atoms with van der Waals surface area (Å²) < 4.78 is 5.82. The molecule has 0 saturated heterocycles. The summed E-state index contributed by atoms with van der Waals surface area (Å²) in [6.45, 7) is 0.706. The molecule has 6 nitrogen and oxygen atoms in total. The zero-order valence-corrected chi connectivity index (χ0v) is 17.2. The highest BCUT2D eigenvalue weighted by molar-refractivity contribution is 5.96. The lowest BCUT2D eigenvalue weighted by Crippen LogP contribution is -2.50. The number of nitrogens with zero attached hydrogens (tertiary/aromatic N) is 1. The number of amides is 2. The Morgan fingerprint density at radius 1 is 1.03 bits per heavy atom.